The number of rotatable bonds is 4. The van der Waals surface area contributed by atoms with Crippen LogP contribution in [0.25, 0.3) is 0 Å². The first kappa shape index (κ1) is 13.5. The molecule has 5 heteroatoms. The normalized spacial score (nSPS) is 21.4. The predicted molar refractivity (Wildman–Crippen MR) is 73.6 cm³/mol. The first-order valence-corrected chi connectivity index (χ1v) is 6.37. The number of nitrogens with one attached hydrogen (secondary N) is 1. The average molecular weight is 264 g/mol. The summed E-state index contributed by atoms with van der Waals surface area (Å²) in [6.45, 7) is 2.17. The smallest absolute Gasteiger partial charge is 0.253 e. The zero-order valence-corrected chi connectivity index (χ0v) is 11.5. The molecule has 0 radical (unpaired) electrons. The SMILES string of the molecule is COc1cc(OC)c(N)c(C(=O)NC2CC(C)C2)c1. The summed E-state index contributed by atoms with van der Waals surface area (Å²) in [5.41, 5.74) is 6.68. The number of anilines is 1. The maximum atomic E-state index is 12.2. The van der Waals surface area contributed by atoms with Gasteiger partial charge >= 0.3 is 0 Å². The molecule has 1 fully saturated rings. The molecule has 19 heavy (non-hydrogen) atoms. The van der Waals surface area contributed by atoms with E-state index in [4.69, 9.17) is 15.2 Å². The van der Waals surface area contributed by atoms with E-state index in [0.717, 1.165) is 12.8 Å². The van der Waals surface area contributed by atoms with Gasteiger partial charge in [0.15, 0.2) is 0 Å². The van der Waals surface area contributed by atoms with Gasteiger partial charge in [0.25, 0.3) is 5.91 Å². The first-order chi connectivity index (χ1) is 9.05. The van der Waals surface area contributed by atoms with Crippen LogP contribution in [-0.4, -0.2) is 26.2 Å². The summed E-state index contributed by atoms with van der Waals surface area (Å²) < 4.78 is 10.3. The highest BCUT2D eigenvalue weighted by atomic mass is 16.5. The van der Waals surface area contributed by atoms with Crippen LogP contribution in [0.15, 0.2) is 12.1 Å². The summed E-state index contributed by atoms with van der Waals surface area (Å²) in [5.74, 6) is 1.51. The van der Waals surface area contributed by atoms with Gasteiger partial charge in [-0.3, -0.25) is 4.79 Å². The van der Waals surface area contributed by atoms with Crippen LogP contribution in [-0.2, 0) is 0 Å². The zero-order valence-electron chi connectivity index (χ0n) is 11.5. The minimum Gasteiger partial charge on any atom is -0.497 e. The Labute approximate surface area is 113 Å². The quantitative estimate of drug-likeness (QED) is 0.813. The fourth-order valence-corrected chi connectivity index (χ4v) is 2.36. The Kier molecular flexibility index (Phi) is 3.83. The van der Waals surface area contributed by atoms with E-state index in [1.165, 1.54) is 7.11 Å². The van der Waals surface area contributed by atoms with Gasteiger partial charge in [-0.1, -0.05) is 6.92 Å². The molecular weight excluding hydrogens is 244 g/mol. The number of hydrogen-bond donors (Lipinski definition) is 2. The Hall–Kier alpha value is -1.91. The molecule has 0 unspecified atom stereocenters. The lowest BCUT2D eigenvalue weighted by molar-refractivity contribution is 0.0896. The molecule has 1 aliphatic carbocycles. The fraction of sp³-hybridized carbons (Fsp3) is 0.500. The van der Waals surface area contributed by atoms with E-state index in [-0.39, 0.29) is 11.9 Å². The Morgan fingerprint density at radius 3 is 2.53 bits per heavy atom. The molecule has 2 rings (SSSR count). The lowest BCUT2D eigenvalue weighted by Gasteiger charge is -2.33. The Morgan fingerprint density at radius 2 is 2.00 bits per heavy atom. The van der Waals surface area contributed by atoms with Gasteiger partial charge in [0.05, 0.1) is 25.5 Å². The number of hydrogen-bond acceptors (Lipinski definition) is 4. The van der Waals surface area contributed by atoms with Crippen molar-refractivity contribution < 1.29 is 14.3 Å². The van der Waals surface area contributed by atoms with Crippen LogP contribution in [0.5, 0.6) is 11.5 Å². The van der Waals surface area contributed by atoms with Gasteiger partial charge in [0.2, 0.25) is 0 Å². The number of nitrogen functional groups attached to an aromatic ring is 1. The fourth-order valence-electron chi connectivity index (χ4n) is 2.36. The van der Waals surface area contributed by atoms with Crippen molar-refractivity contribution in [3.8, 4) is 11.5 Å². The van der Waals surface area contributed by atoms with Crippen molar-refractivity contribution in [3.05, 3.63) is 17.7 Å². The third-order valence-electron chi connectivity index (χ3n) is 3.52. The molecule has 0 bridgehead atoms. The number of carbonyl (C=O) groups is 1. The van der Waals surface area contributed by atoms with Gasteiger partial charge in [-0.05, 0) is 24.8 Å². The largest absolute Gasteiger partial charge is 0.497 e. The minimum absolute atomic E-state index is 0.174. The van der Waals surface area contributed by atoms with Crippen LogP contribution in [0, 0.1) is 5.92 Å². The molecule has 1 aliphatic rings. The van der Waals surface area contributed by atoms with E-state index in [1.54, 1.807) is 19.2 Å². The van der Waals surface area contributed by atoms with Crippen molar-refractivity contribution >= 4 is 11.6 Å². The van der Waals surface area contributed by atoms with Crippen LogP contribution >= 0.6 is 0 Å². The van der Waals surface area contributed by atoms with Gasteiger partial charge in [-0.2, -0.15) is 0 Å². The molecule has 3 N–H and O–H groups in total. The third kappa shape index (κ3) is 2.75. The van der Waals surface area contributed by atoms with Crippen molar-refractivity contribution in [2.45, 2.75) is 25.8 Å². The summed E-state index contributed by atoms with van der Waals surface area (Å²) in [5, 5.41) is 2.98. The summed E-state index contributed by atoms with van der Waals surface area (Å²) in [6, 6.07) is 3.55. The molecule has 0 aliphatic heterocycles. The average Bonchev–Trinajstić information content (AvgIpc) is 2.37. The molecule has 5 nitrogen and oxygen atoms in total. The van der Waals surface area contributed by atoms with Gasteiger partial charge in [-0.25, -0.2) is 0 Å². The van der Waals surface area contributed by atoms with Gasteiger partial charge < -0.3 is 20.5 Å². The molecule has 1 aromatic rings. The second-order valence-electron chi connectivity index (χ2n) is 5.04. The third-order valence-corrected chi connectivity index (χ3v) is 3.52. The monoisotopic (exact) mass is 264 g/mol. The van der Waals surface area contributed by atoms with E-state index in [0.29, 0.717) is 28.7 Å². The predicted octanol–water partition coefficient (Wildman–Crippen LogP) is 1.81. The number of ether oxygens (including phenoxy) is 2. The summed E-state index contributed by atoms with van der Waals surface area (Å²) >= 11 is 0. The first-order valence-electron chi connectivity index (χ1n) is 6.37. The van der Waals surface area contributed by atoms with Gasteiger partial charge in [0, 0.05) is 12.1 Å². The van der Waals surface area contributed by atoms with E-state index in [2.05, 4.69) is 12.2 Å². The van der Waals surface area contributed by atoms with Gasteiger partial charge in [0.1, 0.15) is 11.5 Å². The van der Waals surface area contributed by atoms with Crippen LogP contribution in [0.3, 0.4) is 0 Å². The molecule has 1 aromatic carbocycles. The summed E-state index contributed by atoms with van der Waals surface area (Å²) in [6.07, 6.45) is 2.04. The van der Waals surface area contributed by atoms with Crippen molar-refractivity contribution in [2.24, 2.45) is 5.92 Å². The van der Waals surface area contributed by atoms with Crippen LogP contribution in [0.2, 0.25) is 0 Å². The molecule has 0 aromatic heterocycles. The van der Waals surface area contributed by atoms with E-state index in [9.17, 15) is 4.79 Å². The van der Waals surface area contributed by atoms with Crippen LogP contribution < -0.4 is 20.5 Å². The molecule has 0 heterocycles. The lowest BCUT2D eigenvalue weighted by Crippen LogP contribution is -2.43. The number of amides is 1. The van der Waals surface area contributed by atoms with E-state index < -0.39 is 0 Å². The zero-order chi connectivity index (χ0) is 14.0. The number of methoxy groups -OCH3 is 2. The Morgan fingerprint density at radius 1 is 1.32 bits per heavy atom. The highest BCUT2D eigenvalue weighted by Gasteiger charge is 2.28. The molecule has 1 amide bonds. The standard InChI is InChI=1S/C14H20N2O3/c1-8-4-9(5-8)16-14(17)11-6-10(18-2)7-12(19-3)13(11)15/h6-9H,4-5,15H2,1-3H3,(H,16,17). The molecule has 1 saturated carbocycles. The maximum Gasteiger partial charge on any atom is 0.253 e. The Bertz CT molecular complexity index is 482. The van der Waals surface area contributed by atoms with Crippen LogP contribution in [0.1, 0.15) is 30.1 Å². The number of nitrogens with two attached hydrogens (primary N) is 1. The van der Waals surface area contributed by atoms with Gasteiger partial charge in [-0.15, -0.1) is 0 Å². The maximum absolute atomic E-state index is 12.2. The minimum atomic E-state index is -0.174. The lowest BCUT2D eigenvalue weighted by atomic mass is 9.82. The molecule has 0 atom stereocenters. The van der Waals surface area contributed by atoms with Crippen molar-refractivity contribution in [3.63, 3.8) is 0 Å². The van der Waals surface area contributed by atoms with Crippen molar-refractivity contribution in [2.75, 3.05) is 20.0 Å². The number of carbonyl (C=O) groups excluding carboxylic acids is 1. The second kappa shape index (κ2) is 5.38. The van der Waals surface area contributed by atoms with Crippen molar-refractivity contribution in [1.29, 1.82) is 0 Å². The van der Waals surface area contributed by atoms with E-state index in [1.807, 2.05) is 0 Å². The number of benzene rings is 1. The second-order valence-corrected chi connectivity index (χ2v) is 5.04. The summed E-state index contributed by atoms with van der Waals surface area (Å²) in [7, 11) is 3.06. The van der Waals surface area contributed by atoms with Crippen LogP contribution in [0.4, 0.5) is 5.69 Å². The molecule has 0 spiro atoms. The molecule has 0 saturated heterocycles. The summed E-state index contributed by atoms with van der Waals surface area (Å²) in [4.78, 5) is 12.2. The Balaban J connectivity index is 2.20. The molecular formula is C14H20N2O3. The topological polar surface area (TPSA) is 73.6 Å². The van der Waals surface area contributed by atoms with E-state index >= 15 is 0 Å². The highest BCUT2D eigenvalue weighted by Crippen LogP contribution is 2.32. The molecule has 104 valence electrons. The van der Waals surface area contributed by atoms with Crippen molar-refractivity contribution in [1.82, 2.24) is 5.32 Å². The highest BCUT2D eigenvalue weighted by molar-refractivity contribution is 6.01.